The van der Waals surface area contributed by atoms with Crippen molar-refractivity contribution in [2.24, 2.45) is 0 Å². The predicted molar refractivity (Wildman–Crippen MR) is 123 cm³/mol. The van der Waals surface area contributed by atoms with E-state index in [1.807, 2.05) is 0 Å². The summed E-state index contributed by atoms with van der Waals surface area (Å²) >= 11 is 6.49. The van der Waals surface area contributed by atoms with Gasteiger partial charge in [-0.15, -0.1) is 0 Å². The number of anilines is 2. The highest BCUT2D eigenvalue weighted by Crippen LogP contribution is 2.22. The molecule has 2 aromatic carbocycles. The van der Waals surface area contributed by atoms with Crippen LogP contribution in [0.4, 0.5) is 11.4 Å². The molecule has 0 aliphatic carbocycles. The van der Waals surface area contributed by atoms with Gasteiger partial charge >= 0.3 is 11.9 Å². The molecule has 0 radical (unpaired) electrons. The van der Waals surface area contributed by atoms with Crippen LogP contribution in [0.3, 0.4) is 0 Å². The molecule has 3 N–H and O–H groups in total. The molecule has 0 atom stereocenters. The lowest BCUT2D eigenvalue weighted by atomic mass is 10.1. The zero-order chi connectivity index (χ0) is 23.4. The molecule has 0 bridgehead atoms. The van der Waals surface area contributed by atoms with E-state index in [2.05, 4.69) is 37.2 Å². The van der Waals surface area contributed by atoms with Gasteiger partial charge < -0.3 is 20.5 Å². The number of hydrogen-bond donors (Lipinski definition) is 2. The third kappa shape index (κ3) is 8.78. The van der Waals surface area contributed by atoms with Crippen molar-refractivity contribution in [3.05, 3.63) is 56.5 Å². The monoisotopic (exact) mass is 553 g/mol. The molecule has 10 heteroatoms. The number of ether oxygens (including phenoxy) is 2. The Hall–Kier alpha value is -2.90. The summed E-state index contributed by atoms with van der Waals surface area (Å²) in [6.45, 7) is 4.05. The summed E-state index contributed by atoms with van der Waals surface area (Å²) in [5, 5.41) is 10.9. The highest BCUT2D eigenvalue weighted by Gasteiger charge is 2.15. The van der Waals surface area contributed by atoms with E-state index in [0.29, 0.717) is 28.0 Å². The molecule has 0 saturated carbocycles. The van der Waals surface area contributed by atoms with Gasteiger partial charge in [-0.1, -0.05) is 31.9 Å². The average Bonchev–Trinajstić information content (AvgIpc) is 2.72. The molecule has 2 rings (SSSR count). The van der Waals surface area contributed by atoms with E-state index >= 15 is 0 Å². The van der Waals surface area contributed by atoms with Crippen molar-refractivity contribution >= 4 is 61.1 Å². The lowest BCUT2D eigenvalue weighted by Gasteiger charge is -2.09. The van der Waals surface area contributed by atoms with E-state index < -0.39 is 11.9 Å². The molecule has 8 nitrogen and oxygen atoms in total. The molecular weight excluding hydrogens is 534 g/mol. The van der Waals surface area contributed by atoms with Gasteiger partial charge in [0, 0.05) is 14.6 Å². The van der Waals surface area contributed by atoms with Crippen LogP contribution < -0.4 is 11.1 Å². The molecule has 0 heterocycles. The third-order valence-corrected chi connectivity index (χ3v) is 4.49. The fourth-order valence-corrected chi connectivity index (χ4v) is 2.91. The predicted octanol–water partition coefficient (Wildman–Crippen LogP) is 4.69. The minimum absolute atomic E-state index is 0.247. The summed E-state index contributed by atoms with van der Waals surface area (Å²) in [5.41, 5.74) is 7.01. The molecule has 2 aromatic rings. The summed E-state index contributed by atoms with van der Waals surface area (Å²) in [7, 11) is 0. The summed E-state index contributed by atoms with van der Waals surface area (Å²) in [4.78, 5) is 34.3. The van der Waals surface area contributed by atoms with Crippen molar-refractivity contribution < 1.29 is 23.9 Å². The van der Waals surface area contributed by atoms with Gasteiger partial charge in [0.15, 0.2) is 0 Å². The first-order valence-corrected chi connectivity index (χ1v) is 10.7. The molecule has 0 saturated heterocycles. The Morgan fingerprint density at radius 3 is 2.03 bits per heavy atom. The van der Waals surface area contributed by atoms with Gasteiger partial charge in [-0.3, -0.25) is 4.79 Å². The Labute approximate surface area is 197 Å². The number of rotatable bonds is 6. The maximum absolute atomic E-state index is 11.7. The lowest BCUT2D eigenvalue weighted by Crippen LogP contribution is -2.15. The van der Waals surface area contributed by atoms with E-state index in [1.54, 1.807) is 56.3 Å². The van der Waals surface area contributed by atoms with Gasteiger partial charge in [0.1, 0.15) is 6.42 Å². The highest BCUT2D eigenvalue weighted by atomic mass is 79.9. The molecule has 0 aromatic heterocycles. The number of amides is 1. The SMILES string of the molecule is CCOC(=O)c1cc(Br)ccc1N.CCOC(=O)c1cc(Br)ccc1NC(=O)CC#N. The molecule has 164 valence electrons. The maximum atomic E-state index is 11.7. The topological polar surface area (TPSA) is 132 Å². The van der Waals surface area contributed by atoms with Gasteiger partial charge in [0.2, 0.25) is 5.91 Å². The van der Waals surface area contributed by atoms with Crippen LogP contribution in [0, 0.1) is 11.3 Å². The van der Waals surface area contributed by atoms with Crippen LogP contribution in [0.2, 0.25) is 0 Å². The number of nitriles is 1. The zero-order valence-corrected chi connectivity index (χ0v) is 20.1. The lowest BCUT2D eigenvalue weighted by molar-refractivity contribution is -0.115. The Morgan fingerprint density at radius 2 is 1.48 bits per heavy atom. The standard InChI is InChI=1S/C12H11BrN2O3.C9H10BrNO2/c1-2-18-12(17)9-7-8(13)3-4-10(9)15-11(16)5-6-14;1-2-13-9(12)7-5-6(10)3-4-8(7)11/h3-4,7H,2,5H2,1H3,(H,15,16);3-5H,2,11H2,1H3. The number of carbonyl (C=O) groups excluding carboxylic acids is 3. The van der Waals surface area contributed by atoms with Gasteiger partial charge in [0.05, 0.1) is 36.1 Å². The molecule has 0 unspecified atom stereocenters. The Bertz CT molecular complexity index is 989. The molecule has 0 aliphatic heterocycles. The number of hydrogen-bond acceptors (Lipinski definition) is 7. The largest absolute Gasteiger partial charge is 0.462 e. The molecular formula is C21H21Br2N3O5. The second-order valence-corrected chi connectivity index (χ2v) is 7.58. The van der Waals surface area contributed by atoms with Crippen LogP contribution in [-0.4, -0.2) is 31.1 Å². The van der Waals surface area contributed by atoms with Gasteiger partial charge in [-0.2, -0.15) is 5.26 Å². The van der Waals surface area contributed by atoms with Crippen molar-refractivity contribution in [2.45, 2.75) is 20.3 Å². The third-order valence-electron chi connectivity index (χ3n) is 3.50. The number of nitrogens with two attached hydrogens (primary N) is 1. The van der Waals surface area contributed by atoms with E-state index in [0.717, 1.165) is 4.47 Å². The number of esters is 2. The van der Waals surface area contributed by atoms with Crippen molar-refractivity contribution in [3.63, 3.8) is 0 Å². The minimum Gasteiger partial charge on any atom is -0.462 e. The van der Waals surface area contributed by atoms with E-state index in [1.165, 1.54) is 0 Å². The second-order valence-electron chi connectivity index (χ2n) is 5.75. The van der Waals surface area contributed by atoms with Crippen molar-refractivity contribution in [1.29, 1.82) is 5.26 Å². The Balaban J connectivity index is 0.000000327. The van der Waals surface area contributed by atoms with Crippen LogP contribution in [-0.2, 0) is 14.3 Å². The summed E-state index contributed by atoms with van der Waals surface area (Å²) in [5.74, 6) is -1.38. The molecule has 31 heavy (non-hydrogen) atoms. The Morgan fingerprint density at radius 1 is 0.968 bits per heavy atom. The first kappa shape index (κ1) is 26.1. The number of nitrogens with one attached hydrogen (secondary N) is 1. The maximum Gasteiger partial charge on any atom is 0.340 e. The molecule has 0 spiro atoms. The quantitative estimate of drug-likeness (QED) is 0.391. The van der Waals surface area contributed by atoms with Crippen LogP contribution >= 0.6 is 31.9 Å². The van der Waals surface area contributed by atoms with Gasteiger partial charge in [-0.05, 0) is 50.2 Å². The van der Waals surface area contributed by atoms with Crippen LogP contribution in [0.25, 0.3) is 0 Å². The van der Waals surface area contributed by atoms with Crippen LogP contribution in [0.15, 0.2) is 45.3 Å². The average molecular weight is 555 g/mol. The first-order chi connectivity index (χ1) is 14.7. The second kappa shape index (κ2) is 13.4. The molecule has 0 fully saturated rings. The van der Waals surface area contributed by atoms with Gasteiger partial charge in [-0.25, -0.2) is 9.59 Å². The number of carbonyl (C=O) groups is 3. The number of nitrogen functional groups attached to an aromatic ring is 1. The van der Waals surface area contributed by atoms with Crippen molar-refractivity contribution in [1.82, 2.24) is 0 Å². The van der Waals surface area contributed by atoms with Crippen LogP contribution in [0.1, 0.15) is 41.0 Å². The highest BCUT2D eigenvalue weighted by molar-refractivity contribution is 9.10. The zero-order valence-electron chi connectivity index (χ0n) is 16.9. The van der Waals surface area contributed by atoms with E-state index in [-0.39, 0.29) is 24.6 Å². The summed E-state index contributed by atoms with van der Waals surface area (Å²) in [6.07, 6.45) is -0.266. The summed E-state index contributed by atoms with van der Waals surface area (Å²) < 4.78 is 11.2. The van der Waals surface area contributed by atoms with Gasteiger partial charge in [0.25, 0.3) is 0 Å². The number of halogens is 2. The van der Waals surface area contributed by atoms with Crippen molar-refractivity contribution in [2.75, 3.05) is 24.3 Å². The fraction of sp³-hybridized carbons (Fsp3) is 0.238. The Kier molecular flexibility index (Phi) is 11.3. The molecule has 1 amide bonds. The minimum atomic E-state index is -0.522. The first-order valence-electron chi connectivity index (χ1n) is 9.09. The van der Waals surface area contributed by atoms with E-state index in [4.69, 9.17) is 20.5 Å². The van der Waals surface area contributed by atoms with Crippen molar-refractivity contribution in [3.8, 4) is 6.07 Å². The smallest absolute Gasteiger partial charge is 0.340 e. The molecule has 0 aliphatic rings. The normalized spacial score (nSPS) is 9.52. The fourth-order valence-electron chi connectivity index (χ4n) is 2.18. The number of benzene rings is 2. The van der Waals surface area contributed by atoms with E-state index in [9.17, 15) is 14.4 Å². The summed E-state index contributed by atoms with van der Waals surface area (Å²) in [6, 6.07) is 11.6. The van der Waals surface area contributed by atoms with Crippen LogP contribution in [0.5, 0.6) is 0 Å². The number of nitrogens with zero attached hydrogens (tertiary/aromatic N) is 1.